The van der Waals surface area contributed by atoms with E-state index in [9.17, 15) is 0 Å². The second-order valence-corrected chi connectivity index (χ2v) is 13.0. The van der Waals surface area contributed by atoms with Gasteiger partial charge in [0.25, 0.3) is 0 Å². The molecule has 0 radical (unpaired) electrons. The zero-order valence-corrected chi connectivity index (χ0v) is 28.2. The highest BCUT2D eigenvalue weighted by Crippen LogP contribution is 2.58. The van der Waals surface area contributed by atoms with Crippen LogP contribution in [-0.2, 0) is 5.41 Å². The highest BCUT2D eigenvalue weighted by atomic mass is 15.1. The Morgan fingerprint density at radius 1 is 0.255 bits per heavy atom. The minimum atomic E-state index is -0.572. The van der Waals surface area contributed by atoms with E-state index in [0.717, 1.165) is 34.1 Å². The molecule has 0 heterocycles. The molecule has 51 heavy (non-hydrogen) atoms. The Morgan fingerprint density at radius 2 is 0.529 bits per heavy atom. The zero-order valence-electron chi connectivity index (χ0n) is 28.2. The van der Waals surface area contributed by atoms with Crippen molar-refractivity contribution in [2.45, 2.75) is 5.41 Å². The maximum atomic E-state index is 2.43. The van der Waals surface area contributed by atoms with E-state index in [2.05, 4.69) is 228 Å². The van der Waals surface area contributed by atoms with Crippen molar-refractivity contribution in [3.05, 3.63) is 241 Å². The van der Waals surface area contributed by atoms with Gasteiger partial charge >= 0.3 is 0 Å². The molecule has 0 spiro atoms. The molecule has 0 saturated heterocycles. The largest absolute Gasteiger partial charge is 0.310 e. The van der Waals surface area contributed by atoms with E-state index in [0.29, 0.717) is 0 Å². The lowest BCUT2D eigenvalue weighted by atomic mass is 9.67. The summed E-state index contributed by atoms with van der Waals surface area (Å²) in [5, 5.41) is 0. The summed E-state index contributed by atoms with van der Waals surface area (Å²) in [6, 6.07) is 78.9. The summed E-state index contributed by atoms with van der Waals surface area (Å²) in [5.41, 5.74) is 13.7. The Kier molecular flexibility index (Phi) is 7.75. The van der Waals surface area contributed by atoms with Crippen LogP contribution in [-0.4, -0.2) is 0 Å². The molecule has 2 nitrogen and oxygen atoms in total. The van der Waals surface area contributed by atoms with Crippen molar-refractivity contribution in [1.82, 2.24) is 0 Å². The second kappa shape index (κ2) is 13.0. The van der Waals surface area contributed by atoms with Crippen LogP contribution in [0.1, 0.15) is 22.3 Å². The summed E-state index contributed by atoms with van der Waals surface area (Å²) in [5.74, 6) is 0. The minimum Gasteiger partial charge on any atom is -0.310 e. The summed E-state index contributed by atoms with van der Waals surface area (Å²) in [6.07, 6.45) is 0. The minimum absolute atomic E-state index is 0.572. The van der Waals surface area contributed by atoms with Gasteiger partial charge in [-0.3, -0.25) is 0 Å². The first-order valence-electron chi connectivity index (χ1n) is 17.5. The third-order valence-corrected chi connectivity index (χ3v) is 10.1. The second-order valence-electron chi connectivity index (χ2n) is 13.0. The zero-order chi connectivity index (χ0) is 34.0. The van der Waals surface area contributed by atoms with Gasteiger partial charge in [-0.2, -0.15) is 0 Å². The van der Waals surface area contributed by atoms with Gasteiger partial charge in [0.1, 0.15) is 0 Å². The van der Waals surface area contributed by atoms with Crippen LogP contribution in [0.4, 0.5) is 34.1 Å². The lowest BCUT2D eigenvalue weighted by molar-refractivity contribution is 0.768. The van der Waals surface area contributed by atoms with Crippen LogP contribution in [0.3, 0.4) is 0 Å². The van der Waals surface area contributed by atoms with Gasteiger partial charge in [0.2, 0.25) is 0 Å². The molecule has 0 bridgehead atoms. The average Bonchev–Trinajstić information content (AvgIpc) is 3.50. The van der Waals surface area contributed by atoms with E-state index in [1.165, 1.54) is 33.4 Å². The quantitative estimate of drug-likeness (QED) is 0.161. The fourth-order valence-corrected chi connectivity index (χ4v) is 7.95. The topological polar surface area (TPSA) is 6.48 Å². The summed E-state index contributed by atoms with van der Waals surface area (Å²) >= 11 is 0. The molecule has 0 amide bonds. The van der Waals surface area contributed by atoms with E-state index < -0.39 is 5.41 Å². The van der Waals surface area contributed by atoms with Crippen LogP contribution in [0.2, 0.25) is 0 Å². The monoisotopic (exact) mass is 652 g/mol. The third kappa shape index (κ3) is 5.21. The van der Waals surface area contributed by atoms with Crippen LogP contribution in [0.15, 0.2) is 218 Å². The number of fused-ring (bicyclic) bond motifs is 3. The fourth-order valence-electron chi connectivity index (χ4n) is 7.95. The Bertz CT molecular complexity index is 2140. The molecule has 2 heteroatoms. The lowest BCUT2D eigenvalue weighted by Gasteiger charge is -2.35. The maximum absolute atomic E-state index is 2.43. The van der Waals surface area contributed by atoms with Crippen molar-refractivity contribution < 1.29 is 0 Å². The maximum Gasteiger partial charge on any atom is 0.0715 e. The summed E-state index contributed by atoms with van der Waals surface area (Å²) in [6.45, 7) is 0. The Hall–Kier alpha value is -6.64. The van der Waals surface area contributed by atoms with Gasteiger partial charge in [-0.25, -0.2) is 0 Å². The predicted octanol–water partition coefficient (Wildman–Crippen LogP) is 13.0. The molecule has 9 rings (SSSR count). The fraction of sp³-hybridized carbons (Fsp3) is 0.0204. The summed E-state index contributed by atoms with van der Waals surface area (Å²) in [4.78, 5) is 4.73. The van der Waals surface area contributed by atoms with Crippen molar-refractivity contribution in [3.63, 3.8) is 0 Å². The molecule has 0 N–H and O–H groups in total. The number of nitrogens with zero attached hydrogens (tertiary/aromatic N) is 2. The summed E-state index contributed by atoms with van der Waals surface area (Å²) in [7, 11) is 0. The molecule has 0 aromatic heterocycles. The normalized spacial score (nSPS) is 12.5. The summed E-state index contributed by atoms with van der Waals surface area (Å²) < 4.78 is 0. The third-order valence-electron chi connectivity index (χ3n) is 10.1. The van der Waals surface area contributed by atoms with Crippen LogP contribution in [0.25, 0.3) is 11.1 Å². The standard InChI is InChI=1S/C49H36N2/c1-7-19-37(20-8-1)49(38-21-9-2-10-22-38)47-35-43(50(39-23-11-3-12-24-39)40-25-13-4-14-26-40)31-33-45(47)46-34-32-44(36-48(46)49)51(41-27-15-5-16-28-41)42-29-17-6-18-30-42/h1-36H. The van der Waals surface area contributed by atoms with Gasteiger partial charge < -0.3 is 9.80 Å². The molecule has 8 aromatic carbocycles. The molecule has 1 aliphatic rings. The molecule has 1 aliphatic carbocycles. The number of hydrogen-bond acceptors (Lipinski definition) is 2. The number of para-hydroxylation sites is 4. The number of rotatable bonds is 8. The Balaban J connectivity index is 1.33. The molecule has 0 aliphatic heterocycles. The Morgan fingerprint density at radius 3 is 0.824 bits per heavy atom. The van der Waals surface area contributed by atoms with E-state index >= 15 is 0 Å². The van der Waals surface area contributed by atoms with E-state index in [4.69, 9.17) is 0 Å². The van der Waals surface area contributed by atoms with Gasteiger partial charge in [-0.1, -0.05) is 146 Å². The van der Waals surface area contributed by atoms with Crippen molar-refractivity contribution in [2.24, 2.45) is 0 Å². The van der Waals surface area contributed by atoms with Crippen LogP contribution >= 0.6 is 0 Å². The highest BCUT2D eigenvalue weighted by molar-refractivity contribution is 5.91. The predicted molar refractivity (Wildman–Crippen MR) is 213 cm³/mol. The number of anilines is 6. The SMILES string of the molecule is c1ccc(N(c2ccccc2)c2ccc3c(c2)C(c2ccccc2)(c2ccccc2)c2cc(N(c4ccccc4)c4ccccc4)ccc2-3)cc1. The lowest BCUT2D eigenvalue weighted by Crippen LogP contribution is -2.29. The first kappa shape index (κ1) is 30.4. The Labute approximate surface area is 300 Å². The first-order valence-corrected chi connectivity index (χ1v) is 17.5. The van der Waals surface area contributed by atoms with Gasteiger partial charge in [-0.15, -0.1) is 0 Å². The van der Waals surface area contributed by atoms with Crippen LogP contribution in [0, 0.1) is 0 Å². The van der Waals surface area contributed by atoms with Gasteiger partial charge in [0.15, 0.2) is 0 Å². The van der Waals surface area contributed by atoms with Crippen molar-refractivity contribution in [2.75, 3.05) is 9.80 Å². The number of hydrogen-bond donors (Lipinski definition) is 0. The van der Waals surface area contributed by atoms with E-state index in [1.807, 2.05) is 0 Å². The molecule has 0 fully saturated rings. The van der Waals surface area contributed by atoms with Crippen LogP contribution < -0.4 is 9.80 Å². The van der Waals surface area contributed by atoms with Gasteiger partial charge in [0, 0.05) is 34.1 Å². The van der Waals surface area contributed by atoms with Gasteiger partial charge in [-0.05, 0) is 106 Å². The van der Waals surface area contributed by atoms with Crippen molar-refractivity contribution >= 4 is 34.1 Å². The molecular weight excluding hydrogens is 617 g/mol. The average molecular weight is 653 g/mol. The van der Waals surface area contributed by atoms with E-state index in [-0.39, 0.29) is 0 Å². The van der Waals surface area contributed by atoms with Crippen molar-refractivity contribution in [3.8, 4) is 11.1 Å². The molecular formula is C49H36N2. The number of benzene rings is 8. The smallest absolute Gasteiger partial charge is 0.0715 e. The van der Waals surface area contributed by atoms with Crippen molar-refractivity contribution in [1.29, 1.82) is 0 Å². The molecule has 0 unspecified atom stereocenters. The molecule has 0 atom stereocenters. The molecule has 0 saturated carbocycles. The highest BCUT2D eigenvalue weighted by Gasteiger charge is 2.46. The van der Waals surface area contributed by atoms with Crippen LogP contribution in [0.5, 0.6) is 0 Å². The molecule has 242 valence electrons. The van der Waals surface area contributed by atoms with E-state index in [1.54, 1.807) is 0 Å². The molecule has 8 aromatic rings. The van der Waals surface area contributed by atoms with Gasteiger partial charge in [0.05, 0.1) is 5.41 Å². The first-order chi connectivity index (χ1) is 25.3.